The monoisotopic (exact) mass is 240 g/mol. The summed E-state index contributed by atoms with van der Waals surface area (Å²) in [5, 5.41) is 0. The number of rotatable bonds is 3. The normalized spacial score (nSPS) is 12.3. The molecular formula is C12H16OS2. The van der Waals surface area contributed by atoms with Crippen LogP contribution in [0.5, 0.6) is 5.75 Å². The van der Waals surface area contributed by atoms with Crippen molar-refractivity contribution in [3.05, 3.63) is 34.2 Å². The average Bonchev–Trinajstić information content (AvgIpc) is 2.20. The zero-order valence-corrected chi connectivity index (χ0v) is 11.0. The Morgan fingerprint density at radius 3 is 2.53 bits per heavy atom. The molecule has 1 aromatic rings. The van der Waals surface area contributed by atoms with E-state index in [0.717, 1.165) is 21.1 Å². The van der Waals surface area contributed by atoms with Gasteiger partial charge >= 0.3 is 0 Å². The molecule has 0 radical (unpaired) electrons. The maximum atomic E-state index is 5.45. The maximum absolute atomic E-state index is 5.45. The molecular weight excluding hydrogens is 224 g/mol. The number of allylic oxidation sites excluding steroid dienone is 1. The van der Waals surface area contributed by atoms with Gasteiger partial charge in [-0.2, -0.15) is 0 Å². The van der Waals surface area contributed by atoms with Crippen molar-refractivity contribution in [3.8, 4) is 5.75 Å². The van der Waals surface area contributed by atoms with Crippen molar-refractivity contribution in [2.75, 3.05) is 6.61 Å². The molecule has 1 rings (SSSR count). The number of benzene rings is 1. The molecule has 82 valence electrons. The van der Waals surface area contributed by atoms with Crippen molar-refractivity contribution in [1.82, 2.24) is 0 Å². The Labute approximate surface area is 102 Å². The summed E-state index contributed by atoms with van der Waals surface area (Å²) in [4.78, 5) is 1.81. The maximum Gasteiger partial charge on any atom is 0.119 e. The molecule has 0 amide bonds. The summed E-state index contributed by atoms with van der Waals surface area (Å²) in [6.45, 7) is 6.63. The molecule has 0 bridgehead atoms. The molecule has 3 heteroatoms. The third-order valence-electron chi connectivity index (χ3n) is 2.12. The van der Waals surface area contributed by atoms with Gasteiger partial charge in [-0.25, -0.2) is 0 Å². The molecule has 0 saturated carbocycles. The van der Waals surface area contributed by atoms with E-state index in [1.807, 2.05) is 32.0 Å². The molecule has 0 aliphatic rings. The highest BCUT2D eigenvalue weighted by Gasteiger charge is 2.05. The zero-order valence-electron chi connectivity index (χ0n) is 9.24. The first-order chi connectivity index (χ1) is 7.06. The first kappa shape index (κ1) is 12.5. The summed E-state index contributed by atoms with van der Waals surface area (Å²) in [6, 6.07) is 6.01. The molecule has 0 saturated heterocycles. The van der Waals surface area contributed by atoms with Crippen molar-refractivity contribution in [2.45, 2.75) is 20.8 Å². The van der Waals surface area contributed by atoms with Crippen LogP contribution in [0.2, 0.25) is 0 Å². The molecule has 0 N–H and O–H groups in total. The van der Waals surface area contributed by atoms with Crippen LogP contribution in [0, 0.1) is 6.92 Å². The first-order valence-corrected chi connectivity index (χ1v) is 5.78. The third kappa shape index (κ3) is 3.21. The lowest BCUT2D eigenvalue weighted by atomic mass is 10.1. The van der Waals surface area contributed by atoms with Crippen LogP contribution >= 0.6 is 25.3 Å². The van der Waals surface area contributed by atoms with Crippen molar-refractivity contribution in [1.29, 1.82) is 0 Å². The molecule has 0 atom stereocenters. The smallest absolute Gasteiger partial charge is 0.119 e. The van der Waals surface area contributed by atoms with Gasteiger partial charge in [-0.05, 0) is 48.9 Å². The minimum Gasteiger partial charge on any atom is -0.494 e. The molecule has 0 aliphatic heterocycles. The SMILES string of the molecule is CCOc1ccc(C)c(C(S)=C(C)S)c1. The van der Waals surface area contributed by atoms with Gasteiger partial charge in [-0.15, -0.1) is 25.3 Å². The predicted octanol–water partition coefficient (Wildman–Crippen LogP) is 3.94. The molecule has 1 aromatic carbocycles. The van der Waals surface area contributed by atoms with Crippen LogP contribution in [-0.4, -0.2) is 6.61 Å². The molecule has 15 heavy (non-hydrogen) atoms. The van der Waals surface area contributed by atoms with Gasteiger partial charge in [-0.3, -0.25) is 0 Å². The van der Waals surface area contributed by atoms with Gasteiger partial charge in [0, 0.05) is 4.91 Å². The predicted molar refractivity (Wildman–Crippen MR) is 72.9 cm³/mol. The van der Waals surface area contributed by atoms with E-state index >= 15 is 0 Å². The minimum absolute atomic E-state index is 0.675. The van der Waals surface area contributed by atoms with Gasteiger partial charge in [-0.1, -0.05) is 6.07 Å². The van der Waals surface area contributed by atoms with Gasteiger partial charge in [0.25, 0.3) is 0 Å². The van der Waals surface area contributed by atoms with E-state index < -0.39 is 0 Å². The topological polar surface area (TPSA) is 9.23 Å². The lowest BCUT2D eigenvalue weighted by molar-refractivity contribution is 0.340. The summed E-state index contributed by atoms with van der Waals surface area (Å²) in [5.41, 5.74) is 2.26. The van der Waals surface area contributed by atoms with Gasteiger partial charge < -0.3 is 4.74 Å². The Balaban J connectivity index is 3.17. The van der Waals surface area contributed by atoms with Crippen LogP contribution in [0.15, 0.2) is 23.1 Å². The molecule has 0 aromatic heterocycles. The lowest BCUT2D eigenvalue weighted by Crippen LogP contribution is -1.93. The Morgan fingerprint density at radius 2 is 2.00 bits per heavy atom. The average molecular weight is 240 g/mol. The molecule has 0 aliphatic carbocycles. The zero-order chi connectivity index (χ0) is 11.4. The summed E-state index contributed by atoms with van der Waals surface area (Å²) in [6.07, 6.45) is 0. The van der Waals surface area contributed by atoms with Gasteiger partial charge in [0.05, 0.1) is 6.61 Å². The molecule has 0 unspecified atom stereocenters. The number of thiol groups is 2. The van der Waals surface area contributed by atoms with Crippen LogP contribution in [0.3, 0.4) is 0 Å². The second-order valence-electron chi connectivity index (χ2n) is 3.34. The van der Waals surface area contributed by atoms with E-state index in [1.165, 1.54) is 5.56 Å². The van der Waals surface area contributed by atoms with Gasteiger partial charge in [0.1, 0.15) is 5.75 Å². The van der Waals surface area contributed by atoms with E-state index in [1.54, 1.807) is 0 Å². The van der Waals surface area contributed by atoms with E-state index in [2.05, 4.69) is 32.2 Å². The van der Waals surface area contributed by atoms with Crippen LogP contribution in [0.1, 0.15) is 25.0 Å². The van der Waals surface area contributed by atoms with E-state index in [9.17, 15) is 0 Å². The van der Waals surface area contributed by atoms with Gasteiger partial charge in [0.15, 0.2) is 0 Å². The minimum atomic E-state index is 0.675. The number of aryl methyl sites for hydroxylation is 1. The fraction of sp³-hybridized carbons (Fsp3) is 0.333. The standard InChI is InChI=1S/C12H16OS2/c1-4-13-10-6-5-8(2)11(7-10)12(15)9(3)14/h5-7,14-15H,4H2,1-3H3. The van der Waals surface area contributed by atoms with E-state index in [0.29, 0.717) is 6.61 Å². The Morgan fingerprint density at radius 1 is 1.33 bits per heavy atom. The van der Waals surface area contributed by atoms with Crippen LogP contribution < -0.4 is 4.74 Å². The third-order valence-corrected chi connectivity index (χ3v) is 3.09. The summed E-state index contributed by atoms with van der Waals surface area (Å²) >= 11 is 8.75. The molecule has 1 nitrogen and oxygen atoms in total. The fourth-order valence-electron chi connectivity index (χ4n) is 1.31. The largest absolute Gasteiger partial charge is 0.494 e. The van der Waals surface area contributed by atoms with Crippen molar-refractivity contribution < 1.29 is 4.74 Å². The van der Waals surface area contributed by atoms with Crippen molar-refractivity contribution >= 4 is 30.2 Å². The summed E-state index contributed by atoms with van der Waals surface area (Å²) < 4.78 is 5.45. The second kappa shape index (κ2) is 5.52. The Kier molecular flexibility index (Phi) is 4.61. The van der Waals surface area contributed by atoms with Crippen LogP contribution in [0.4, 0.5) is 0 Å². The van der Waals surface area contributed by atoms with Crippen LogP contribution in [0.25, 0.3) is 4.91 Å². The Hall–Kier alpha value is -0.540. The summed E-state index contributed by atoms with van der Waals surface area (Å²) in [7, 11) is 0. The number of hydrogen-bond donors (Lipinski definition) is 2. The molecule has 0 spiro atoms. The van der Waals surface area contributed by atoms with E-state index in [-0.39, 0.29) is 0 Å². The van der Waals surface area contributed by atoms with Crippen LogP contribution in [-0.2, 0) is 0 Å². The van der Waals surface area contributed by atoms with Gasteiger partial charge in [0.2, 0.25) is 0 Å². The highest BCUT2D eigenvalue weighted by atomic mass is 32.1. The van der Waals surface area contributed by atoms with Crippen molar-refractivity contribution in [3.63, 3.8) is 0 Å². The summed E-state index contributed by atoms with van der Waals surface area (Å²) in [5.74, 6) is 0.874. The lowest BCUT2D eigenvalue weighted by Gasteiger charge is -2.10. The van der Waals surface area contributed by atoms with E-state index in [4.69, 9.17) is 4.74 Å². The second-order valence-corrected chi connectivity index (χ2v) is 4.46. The van der Waals surface area contributed by atoms with Crippen molar-refractivity contribution in [2.24, 2.45) is 0 Å². The quantitative estimate of drug-likeness (QED) is 0.761. The Bertz CT molecular complexity index is 379. The number of ether oxygens (including phenoxy) is 1. The molecule has 0 fully saturated rings. The number of hydrogen-bond acceptors (Lipinski definition) is 3. The fourth-order valence-corrected chi connectivity index (χ4v) is 1.67. The first-order valence-electron chi connectivity index (χ1n) is 4.89. The molecule has 0 heterocycles. The highest BCUT2D eigenvalue weighted by Crippen LogP contribution is 2.29. The highest BCUT2D eigenvalue weighted by molar-refractivity contribution is 7.93.